The lowest BCUT2D eigenvalue weighted by Gasteiger charge is -2.13. The van der Waals surface area contributed by atoms with Gasteiger partial charge in [0, 0.05) is 18.7 Å². The number of aryl methyl sites for hydroxylation is 1. The summed E-state index contributed by atoms with van der Waals surface area (Å²) in [4.78, 5) is 2.33. The van der Waals surface area contributed by atoms with Gasteiger partial charge in [-0.3, -0.25) is 0 Å². The predicted octanol–water partition coefficient (Wildman–Crippen LogP) is 5.28. The highest BCUT2D eigenvalue weighted by Crippen LogP contribution is 2.38. The normalized spacial score (nSPS) is 12.8. The minimum absolute atomic E-state index is 0.201. The van der Waals surface area contributed by atoms with E-state index in [0.29, 0.717) is 5.02 Å². The van der Waals surface area contributed by atoms with Gasteiger partial charge in [0.1, 0.15) is 0 Å². The summed E-state index contributed by atoms with van der Waals surface area (Å²) in [7, 11) is 0. The smallest absolute Gasteiger partial charge is 0.0672 e. The maximum atomic E-state index is 6.28. The topological polar surface area (TPSA) is 26.0 Å². The number of hydrogen-bond donors (Lipinski definition) is 1. The third-order valence-corrected chi connectivity index (χ3v) is 5.80. The summed E-state index contributed by atoms with van der Waals surface area (Å²) in [6.45, 7) is 2.06. The molecule has 1 heterocycles. The Morgan fingerprint density at radius 2 is 2.00 bits per heavy atom. The minimum Gasteiger partial charge on any atom is -0.320 e. The van der Waals surface area contributed by atoms with Gasteiger partial charge in [0.15, 0.2) is 0 Å². The van der Waals surface area contributed by atoms with Crippen LogP contribution in [-0.2, 0) is 0 Å². The molecule has 0 spiro atoms. The van der Waals surface area contributed by atoms with E-state index < -0.39 is 0 Å². The van der Waals surface area contributed by atoms with Crippen LogP contribution in [0.3, 0.4) is 0 Å². The molecule has 0 amide bonds. The SMILES string of the molecule is Cc1cc(Br)c(C(N)c2cccc(Br)c2Cl)s1. The van der Waals surface area contributed by atoms with Gasteiger partial charge in [0.25, 0.3) is 0 Å². The first-order valence-electron chi connectivity index (χ1n) is 4.96. The molecule has 0 radical (unpaired) electrons. The van der Waals surface area contributed by atoms with Gasteiger partial charge in [-0.1, -0.05) is 23.7 Å². The molecule has 2 N–H and O–H groups in total. The van der Waals surface area contributed by atoms with Crippen molar-refractivity contribution in [3.8, 4) is 0 Å². The molecule has 0 aliphatic carbocycles. The van der Waals surface area contributed by atoms with Gasteiger partial charge < -0.3 is 5.73 Å². The van der Waals surface area contributed by atoms with Crippen molar-refractivity contribution in [1.29, 1.82) is 0 Å². The Morgan fingerprint density at radius 1 is 1.29 bits per heavy atom. The van der Waals surface area contributed by atoms with Gasteiger partial charge in [-0.15, -0.1) is 11.3 Å². The Balaban J connectivity index is 2.47. The molecular weight excluding hydrogens is 385 g/mol. The molecule has 1 aromatic heterocycles. The van der Waals surface area contributed by atoms with E-state index in [2.05, 4.69) is 44.8 Å². The summed E-state index contributed by atoms with van der Waals surface area (Å²) in [5, 5.41) is 0.679. The fourth-order valence-electron chi connectivity index (χ4n) is 1.62. The quantitative estimate of drug-likeness (QED) is 0.735. The Kier molecular flexibility index (Phi) is 4.31. The summed E-state index contributed by atoms with van der Waals surface area (Å²) >= 11 is 14.9. The molecular formula is C12H10Br2ClNS. The Morgan fingerprint density at radius 3 is 2.59 bits per heavy atom. The van der Waals surface area contributed by atoms with E-state index in [1.54, 1.807) is 11.3 Å². The average molecular weight is 396 g/mol. The second-order valence-corrected chi connectivity index (χ2v) is 7.06. The first-order chi connectivity index (χ1) is 8.00. The van der Waals surface area contributed by atoms with Gasteiger partial charge in [-0.25, -0.2) is 0 Å². The fourth-order valence-corrected chi connectivity index (χ4v) is 4.16. The van der Waals surface area contributed by atoms with Crippen LogP contribution < -0.4 is 5.73 Å². The Hall–Kier alpha value is 0.130. The minimum atomic E-state index is -0.201. The molecule has 0 saturated carbocycles. The molecule has 0 saturated heterocycles. The van der Waals surface area contributed by atoms with E-state index in [0.717, 1.165) is 19.4 Å². The monoisotopic (exact) mass is 393 g/mol. The van der Waals surface area contributed by atoms with Crippen LogP contribution in [0.1, 0.15) is 21.4 Å². The van der Waals surface area contributed by atoms with Crippen molar-refractivity contribution in [2.75, 3.05) is 0 Å². The van der Waals surface area contributed by atoms with Crippen molar-refractivity contribution < 1.29 is 0 Å². The molecule has 0 aliphatic rings. The summed E-state index contributed by atoms with van der Waals surface area (Å²) in [5.41, 5.74) is 7.21. The highest BCUT2D eigenvalue weighted by atomic mass is 79.9. The lowest BCUT2D eigenvalue weighted by atomic mass is 10.1. The lowest BCUT2D eigenvalue weighted by molar-refractivity contribution is 0.888. The molecule has 1 atom stereocenters. The van der Waals surface area contributed by atoms with E-state index >= 15 is 0 Å². The summed E-state index contributed by atoms with van der Waals surface area (Å²) in [5.74, 6) is 0. The van der Waals surface area contributed by atoms with E-state index in [1.165, 1.54) is 4.88 Å². The molecule has 0 aliphatic heterocycles. The molecule has 2 rings (SSSR count). The predicted molar refractivity (Wildman–Crippen MR) is 81.9 cm³/mol. The van der Waals surface area contributed by atoms with Crippen molar-refractivity contribution >= 4 is 54.8 Å². The third-order valence-electron chi connectivity index (χ3n) is 2.44. The van der Waals surface area contributed by atoms with Crippen LogP contribution in [0.5, 0.6) is 0 Å². The number of nitrogens with two attached hydrogens (primary N) is 1. The second-order valence-electron chi connectivity index (χ2n) is 3.69. The summed E-state index contributed by atoms with van der Waals surface area (Å²) in [6.07, 6.45) is 0. The molecule has 17 heavy (non-hydrogen) atoms. The largest absolute Gasteiger partial charge is 0.320 e. The molecule has 1 nitrogen and oxygen atoms in total. The fraction of sp³-hybridized carbons (Fsp3) is 0.167. The second kappa shape index (κ2) is 5.41. The maximum Gasteiger partial charge on any atom is 0.0672 e. The Bertz CT molecular complexity index is 553. The van der Waals surface area contributed by atoms with Crippen LogP contribution in [0.25, 0.3) is 0 Å². The van der Waals surface area contributed by atoms with Gasteiger partial charge in [-0.2, -0.15) is 0 Å². The molecule has 90 valence electrons. The van der Waals surface area contributed by atoms with Crippen LogP contribution in [0.2, 0.25) is 5.02 Å². The van der Waals surface area contributed by atoms with Crippen LogP contribution >= 0.6 is 54.8 Å². The standard InChI is InChI=1S/C12H10Br2ClNS/c1-6-5-9(14)12(17-6)11(16)7-3-2-4-8(13)10(7)15/h2-5,11H,16H2,1H3. The van der Waals surface area contributed by atoms with E-state index in [4.69, 9.17) is 17.3 Å². The first kappa shape index (κ1) is 13.6. The zero-order chi connectivity index (χ0) is 12.6. The zero-order valence-corrected chi connectivity index (χ0v) is 13.8. The molecule has 0 bridgehead atoms. The van der Waals surface area contributed by atoms with Crippen molar-refractivity contribution in [3.05, 3.63) is 53.6 Å². The molecule has 1 unspecified atom stereocenters. The van der Waals surface area contributed by atoms with Crippen molar-refractivity contribution in [1.82, 2.24) is 0 Å². The van der Waals surface area contributed by atoms with Crippen LogP contribution in [-0.4, -0.2) is 0 Å². The third kappa shape index (κ3) is 2.76. The highest BCUT2D eigenvalue weighted by Gasteiger charge is 2.18. The van der Waals surface area contributed by atoms with Gasteiger partial charge in [-0.05, 0) is 56.5 Å². The Labute approximate surface area is 126 Å². The molecule has 1 aromatic carbocycles. The van der Waals surface area contributed by atoms with Crippen molar-refractivity contribution in [2.45, 2.75) is 13.0 Å². The number of halogens is 3. The molecule has 0 fully saturated rings. The van der Waals surface area contributed by atoms with Crippen molar-refractivity contribution in [3.63, 3.8) is 0 Å². The number of rotatable bonds is 2. The summed E-state index contributed by atoms with van der Waals surface area (Å²) in [6, 6.07) is 7.69. The van der Waals surface area contributed by atoms with Crippen LogP contribution in [0, 0.1) is 6.92 Å². The van der Waals surface area contributed by atoms with Crippen LogP contribution in [0.15, 0.2) is 33.2 Å². The molecule has 2 aromatic rings. The van der Waals surface area contributed by atoms with Crippen LogP contribution in [0.4, 0.5) is 0 Å². The van der Waals surface area contributed by atoms with E-state index in [-0.39, 0.29) is 6.04 Å². The molecule has 5 heteroatoms. The maximum absolute atomic E-state index is 6.28. The van der Waals surface area contributed by atoms with Gasteiger partial charge >= 0.3 is 0 Å². The lowest BCUT2D eigenvalue weighted by Crippen LogP contribution is -2.11. The average Bonchev–Trinajstić information content (AvgIpc) is 2.61. The van der Waals surface area contributed by atoms with E-state index in [9.17, 15) is 0 Å². The van der Waals surface area contributed by atoms with Crippen molar-refractivity contribution in [2.24, 2.45) is 5.73 Å². The number of benzene rings is 1. The number of hydrogen-bond acceptors (Lipinski definition) is 2. The summed E-state index contributed by atoms with van der Waals surface area (Å²) < 4.78 is 1.92. The first-order valence-corrected chi connectivity index (χ1v) is 7.74. The zero-order valence-electron chi connectivity index (χ0n) is 9.01. The number of thiophene rings is 1. The van der Waals surface area contributed by atoms with Gasteiger partial charge in [0.05, 0.1) is 11.1 Å². The van der Waals surface area contributed by atoms with E-state index in [1.807, 2.05) is 18.2 Å². The van der Waals surface area contributed by atoms with Gasteiger partial charge in [0.2, 0.25) is 0 Å². The highest BCUT2D eigenvalue weighted by molar-refractivity contribution is 9.10.